The summed E-state index contributed by atoms with van der Waals surface area (Å²) in [6, 6.07) is 9.77. The molecule has 4 rings (SSSR count). The Morgan fingerprint density at radius 3 is 2.90 bits per heavy atom. The predicted molar refractivity (Wildman–Crippen MR) is 103 cm³/mol. The number of benzene rings is 2. The minimum atomic E-state index is -0.490. The van der Waals surface area contributed by atoms with Gasteiger partial charge in [-0.15, -0.1) is 10.2 Å². The van der Waals surface area contributed by atoms with Crippen molar-refractivity contribution in [2.75, 3.05) is 17.9 Å². The van der Waals surface area contributed by atoms with Crippen LogP contribution in [0.3, 0.4) is 0 Å². The highest BCUT2D eigenvalue weighted by molar-refractivity contribution is 7.99. The fourth-order valence-electron chi connectivity index (χ4n) is 2.68. The molecule has 1 amide bonds. The van der Waals surface area contributed by atoms with Crippen LogP contribution in [-0.2, 0) is 4.79 Å². The van der Waals surface area contributed by atoms with Crippen molar-refractivity contribution in [2.24, 2.45) is 0 Å². The highest BCUT2D eigenvalue weighted by atomic mass is 32.2. The molecule has 2 heterocycles. The van der Waals surface area contributed by atoms with Crippen molar-refractivity contribution in [1.82, 2.24) is 10.2 Å². The number of carbonyl (C=O) groups is 1. The van der Waals surface area contributed by atoms with Crippen molar-refractivity contribution in [3.8, 4) is 23.0 Å². The fraction of sp³-hybridized carbons (Fsp3) is 0.167. The zero-order chi connectivity index (χ0) is 20.4. The summed E-state index contributed by atoms with van der Waals surface area (Å²) in [5.74, 6) is 1.20. The molecule has 0 spiro atoms. The molecule has 0 bridgehead atoms. The smallest absolute Gasteiger partial charge is 0.277 e. The summed E-state index contributed by atoms with van der Waals surface area (Å²) in [6.07, 6.45) is 0. The number of aromatic nitrogens is 2. The molecule has 0 saturated heterocycles. The van der Waals surface area contributed by atoms with Gasteiger partial charge in [-0.2, -0.15) is 0 Å². The number of anilines is 1. The van der Waals surface area contributed by atoms with Gasteiger partial charge in [0.1, 0.15) is 0 Å². The van der Waals surface area contributed by atoms with E-state index in [1.807, 2.05) is 0 Å². The first-order chi connectivity index (χ1) is 14.0. The molecule has 0 atom stereocenters. The SMILES string of the molecule is Cc1c(NC(=O)CSc2nnc(-c3ccc4c(c3)OCO4)o2)cccc1[N+](=O)[O-]. The van der Waals surface area contributed by atoms with E-state index in [2.05, 4.69) is 15.5 Å². The second kappa shape index (κ2) is 7.80. The zero-order valence-corrected chi connectivity index (χ0v) is 15.9. The molecule has 10 nitrogen and oxygen atoms in total. The molecule has 1 aliphatic heterocycles. The summed E-state index contributed by atoms with van der Waals surface area (Å²) >= 11 is 1.06. The first kappa shape index (κ1) is 18.7. The lowest BCUT2D eigenvalue weighted by atomic mass is 10.1. The normalized spacial score (nSPS) is 12.0. The molecule has 29 heavy (non-hydrogen) atoms. The van der Waals surface area contributed by atoms with Crippen LogP contribution in [0, 0.1) is 17.0 Å². The number of nitro groups is 1. The number of hydrogen-bond donors (Lipinski definition) is 1. The number of thioether (sulfide) groups is 1. The Labute approximate surface area is 168 Å². The molecule has 1 aromatic heterocycles. The minimum absolute atomic E-state index is 0.00487. The van der Waals surface area contributed by atoms with Gasteiger partial charge in [0.2, 0.25) is 18.6 Å². The number of rotatable bonds is 6. The molecular formula is C18H14N4O6S. The van der Waals surface area contributed by atoms with Crippen LogP contribution in [0.2, 0.25) is 0 Å². The lowest BCUT2D eigenvalue weighted by molar-refractivity contribution is -0.385. The van der Waals surface area contributed by atoms with E-state index in [0.717, 1.165) is 11.8 Å². The highest BCUT2D eigenvalue weighted by Crippen LogP contribution is 2.36. The Morgan fingerprint density at radius 2 is 2.07 bits per heavy atom. The summed E-state index contributed by atoms with van der Waals surface area (Å²) in [7, 11) is 0. The summed E-state index contributed by atoms with van der Waals surface area (Å²) in [5, 5.41) is 21.8. The van der Waals surface area contributed by atoms with Gasteiger partial charge in [0.25, 0.3) is 10.9 Å². The van der Waals surface area contributed by atoms with Crippen LogP contribution in [0.4, 0.5) is 11.4 Å². The molecule has 148 valence electrons. The first-order valence-electron chi connectivity index (χ1n) is 8.41. The average molecular weight is 414 g/mol. The number of fused-ring (bicyclic) bond motifs is 1. The average Bonchev–Trinajstić information content (AvgIpc) is 3.36. The van der Waals surface area contributed by atoms with E-state index in [9.17, 15) is 14.9 Å². The Morgan fingerprint density at radius 1 is 1.24 bits per heavy atom. The van der Waals surface area contributed by atoms with E-state index in [-0.39, 0.29) is 29.4 Å². The lowest BCUT2D eigenvalue weighted by Crippen LogP contribution is -2.15. The van der Waals surface area contributed by atoms with Gasteiger partial charge in [-0.25, -0.2) is 0 Å². The van der Waals surface area contributed by atoms with Gasteiger partial charge in [-0.1, -0.05) is 17.8 Å². The number of carbonyl (C=O) groups excluding carboxylic acids is 1. The Bertz CT molecular complexity index is 1100. The van der Waals surface area contributed by atoms with Crippen molar-refractivity contribution in [1.29, 1.82) is 0 Å². The summed E-state index contributed by atoms with van der Waals surface area (Å²) < 4.78 is 16.2. The second-order valence-corrected chi connectivity index (χ2v) is 6.91. The Kier molecular flexibility index (Phi) is 5.04. The fourth-order valence-corrected chi connectivity index (χ4v) is 3.25. The molecule has 0 radical (unpaired) electrons. The first-order valence-corrected chi connectivity index (χ1v) is 9.40. The number of ether oxygens (including phenoxy) is 2. The van der Waals surface area contributed by atoms with Crippen LogP contribution >= 0.6 is 11.8 Å². The van der Waals surface area contributed by atoms with Crippen LogP contribution < -0.4 is 14.8 Å². The van der Waals surface area contributed by atoms with Crippen molar-refractivity contribution >= 4 is 29.0 Å². The maximum absolute atomic E-state index is 12.2. The van der Waals surface area contributed by atoms with Crippen LogP contribution in [0.5, 0.6) is 11.5 Å². The van der Waals surface area contributed by atoms with E-state index < -0.39 is 4.92 Å². The number of nitrogens with zero attached hydrogens (tertiary/aromatic N) is 3. The summed E-state index contributed by atoms with van der Waals surface area (Å²) in [6.45, 7) is 1.75. The standard InChI is InChI=1S/C18H14N4O6S/c1-10-12(3-2-4-13(10)22(24)25)19-16(23)8-29-18-21-20-17(28-18)11-5-6-14-15(7-11)27-9-26-14/h2-7H,8-9H2,1H3,(H,19,23). The number of nitrogens with one attached hydrogen (secondary N) is 1. The van der Waals surface area contributed by atoms with Gasteiger partial charge in [-0.05, 0) is 31.2 Å². The van der Waals surface area contributed by atoms with Crippen molar-refractivity contribution in [3.63, 3.8) is 0 Å². The van der Waals surface area contributed by atoms with Gasteiger partial charge >= 0.3 is 0 Å². The van der Waals surface area contributed by atoms with Crippen LogP contribution in [0.15, 0.2) is 46.0 Å². The zero-order valence-electron chi connectivity index (χ0n) is 15.1. The maximum Gasteiger partial charge on any atom is 0.277 e. The third kappa shape index (κ3) is 3.99. The molecule has 11 heteroatoms. The highest BCUT2D eigenvalue weighted by Gasteiger charge is 2.18. The largest absolute Gasteiger partial charge is 0.454 e. The summed E-state index contributed by atoms with van der Waals surface area (Å²) in [5.41, 5.74) is 1.39. The van der Waals surface area contributed by atoms with E-state index in [1.165, 1.54) is 12.1 Å². The third-order valence-corrected chi connectivity index (χ3v) is 4.95. The Balaban J connectivity index is 1.38. The molecule has 2 aromatic carbocycles. The van der Waals surface area contributed by atoms with Gasteiger partial charge in [0.05, 0.1) is 21.9 Å². The lowest BCUT2D eigenvalue weighted by Gasteiger charge is -2.07. The molecule has 0 fully saturated rings. The van der Waals surface area contributed by atoms with Crippen LogP contribution in [0.1, 0.15) is 5.56 Å². The molecular weight excluding hydrogens is 400 g/mol. The van der Waals surface area contributed by atoms with Gasteiger partial charge in [0.15, 0.2) is 11.5 Å². The van der Waals surface area contributed by atoms with Gasteiger partial charge in [-0.3, -0.25) is 14.9 Å². The molecule has 0 aliphatic carbocycles. The van der Waals surface area contributed by atoms with Crippen LogP contribution in [0.25, 0.3) is 11.5 Å². The maximum atomic E-state index is 12.2. The monoisotopic (exact) mass is 414 g/mol. The van der Waals surface area contributed by atoms with E-state index in [4.69, 9.17) is 13.9 Å². The van der Waals surface area contributed by atoms with E-state index in [1.54, 1.807) is 31.2 Å². The van der Waals surface area contributed by atoms with E-state index >= 15 is 0 Å². The molecule has 3 aromatic rings. The molecule has 0 saturated carbocycles. The number of amides is 1. The van der Waals surface area contributed by atoms with E-state index in [0.29, 0.717) is 34.2 Å². The van der Waals surface area contributed by atoms with Crippen molar-refractivity contribution in [2.45, 2.75) is 12.1 Å². The van der Waals surface area contributed by atoms with Crippen molar-refractivity contribution < 1.29 is 23.6 Å². The quantitative estimate of drug-likeness (QED) is 0.366. The predicted octanol–water partition coefficient (Wildman–Crippen LogP) is 3.41. The van der Waals surface area contributed by atoms with Gasteiger partial charge < -0.3 is 19.2 Å². The second-order valence-electron chi connectivity index (χ2n) is 5.98. The summed E-state index contributed by atoms with van der Waals surface area (Å²) in [4.78, 5) is 22.7. The Hall–Kier alpha value is -3.60. The molecule has 1 aliphatic rings. The van der Waals surface area contributed by atoms with Crippen LogP contribution in [-0.4, -0.2) is 33.6 Å². The minimum Gasteiger partial charge on any atom is -0.454 e. The number of nitro benzene ring substituents is 1. The third-order valence-electron chi connectivity index (χ3n) is 4.13. The van der Waals surface area contributed by atoms with Crippen molar-refractivity contribution in [3.05, 3.63) is 52.1 Å². The topological polar surface area (TPSA) is 130 Å². The van der Waals surface area contributed by atoms with Gasteiger partial charge in [0, 0.05) is 11.6 Å². The molecule has 0 unspecified atom stereocenters. The number of hydrogen-bond acceptors (Lipinski definition) is 9. The molecule has 1 N–H and O–H groups in total.